The lowest BCUT2D eigenvalue weighted by molar-refractivity contribution is 0.577. The van der Waals surface area contributed by atoms with Crippen molar-refractivity contribution in [3.05, 3.63) is 35.2 Å². The Hall–Kier alpha value is -1.16. The first-order valence-corrected chi connectivity index (χ1v) is 9.01. The summed E-state index contributed by atoms with van der Waals surface area (Å²) in [6.07, 6.45) is 9.05. The summed E-state index contributed by atoms with van der Waals surface area (Å²) in [7, 11) is -2.99. The van der Waals surface area contributed by atoms with Crippen LogP contribution >= 0.6 is 0 Å². The molecule has 110 valence electrons. The third kappa shape index (κ3) is 3.11. The molecule has 1 atom stereocenters. The summed E-state index contributed by atoms with van der Waals surface area (Å²) in [5, 5.41) is -0.307. The van der Waals surface area contributed by atoms with Crippen LogP contribution in [-0.2, 0) is 9.84 Å². The zero-order valence-electron chi connectivity index (χ0n) is 12.5. The van der Waals surface area contributed by atoms with Crippen LogP contribution in [0.5, 0.6) is 0 Å². The highest BCUT2D eigenvalue weighted by Gasteiger charge is 2.26. The smallest absolute Gasteiger partial charge is 0.156 e. The lowest BCUT2D eigenvalue weighted by Crippen LogP contribution is -2.24. The van der Waals surface area contributed by atoms with E-state index in [0.29, 0.717) is 6.42 Å². The predicted molar refractivity (Wildman–Crippen MR) is 83.4 cm³/mol. The van der Waals surface area contributed by atoms with Gasteiger partial charge in [0.15, 0.2) is 9.84 Å². The van der Waals surface area contributed by atoms with E-state index in [2.05, 4.69) is 4.98 Å². The van der Waals surface area contributed by atoms with E-state index in [9.17, 15) is 8.42 Å². The minimum Gasteiger partial charge on any atom is -0.264 e. The molecule has 0 radical (unpaired) electrons. The molecule has 4 heteroatoms. The first kappa shape index (κ1) is 15.2. The Morgan fingerprint density at radius 1 is 1.25 bits per heavy atom. The lowest BCUT2D eigenvalue weighted by atomic mass is 9.89. The Bertz CT molecular complexity index is 597. The monoisotopic (exact) mass is 293 g/mol. The van der Waals surface area contributed by atoms with Crippen LogP contribution in [0.4, 0.5) is 0 Å². The summed E-state index contributed by atoms with van der Waals surface area (Å²) in [6, 6.07) is 0. The van der Waals surface area contributed by atoms with E-state index in [0.717, 1.165) is 30.4 Å². The Balaban J connectivity index is 2.40. The van der Waals surface area contributed by atoms with E-state index in [1.807, 2.05) is 39.2 Å². The maximum absolute atomic E-state index is 12.3. The lowest BCUT2D eigenvalue weighted by Gasteiger charge is -2.23. The number of hydrogen-bond acceptors (Lipinski definition) is 3. The van der Waals surface area contributed by atoms with Crippen LogP contribution in [-0.4, -0.2) is 24.4 Å². The molecular weight excluding hydrogens is 270 g/mol. The van der Waals surface area contributed by atoms with Crippen LogP contribution in [0.25, 0.3) is 5.57 Å². The number of pyridine rings is 1. The minimum atomic E-state index is -2.99. The van der Waals surface area contributed by atoms with Gasteiger partial charge in [-0.15, -0.1) is 0 Å². The zero-order valence-corrected chi connectivity index (χ0v) is 13.3. The molecule has 2 rings (SSSR count). The van der Waals surface area contributed by atoms with E-state index in [4.69, 9.17) is 0 Å². The van der Waals surface area contributed by atoms with Crippen molar-refractivity contribution >= 4 is 15.4 Å². The van der Waals surface area contributed by atoms with Gasteiger partial charge < -0.3 is 0 Å². The van der Waals surface area contributed by atoms with Crippen LogP contribution < -0.4 is 0 Å². The third-order valence-electron chi connectivity index (χ3n) is 3.92. The molecule has 0 saturated heterocycles. The van der Waals surface area contributed by atoms with Gasteiger partial charge in [0.2, 0.25) is 0 Å². The topological polar surface area (TPSA) is 47.0 Å². The number of nitrogens with zero attached hydrogens (tertiary/aromatic N) is 1. The van der Waals surface area contributed by atoms with Crippen molar-refractivity contribution in [1.82, 2.24) is 4.98 Å². The fourth-order valence-electron chi connectivity index (χ4n) is 3.02. The van der Waals surface area contributed by atoms with Gasteiger partial charge in [-0.3, -0.25) is 4.98 Å². The summed E-state index contributed by atoms with van der Waals surface area (Å²) in [5.41, 5.74) is 4.63. The molecule has 1 aliphatic rings. The van der Waals surface area contributed by atoms with Crippen molar-refractivity contribution in [2.24, 2.45) is 0 Å². The number of aromatic nitrogens is 1. The Morgan fingerprint density at radius 3 is 2.50 bits per heavy atom. The highest BCUT2D eigenvalue weighted by Crippen LogP contribution is 2.33. The second-order valence-corrected chi connectivity index (χ2v) is 7.98. The molecule has 1 unspecified atom stereocenters. The van der Waals surface area contributed by atoms with Crippen LogP contribution in [0.3, 0.4) is 0 Å². The van der Waals surface area contributed by atoms with Crippen molar-refractivity contribution in [2.75, 3.05) is 5.75 Å². The van der Waals surface area contributed by atoms with Gasteiger partial charge in [-0.25, -0.2) is 8.42 Å². The zero-order chi connectivity index (χ0) is 14.8. The number of rotatable bonds is 4. The second kappa shape index (κ2) is 6.08. The fourth-order valence-corrected chi connectivity index (χ4v) is 4.79. The molecule has 0 spiro atoms. The number of hydrogen-bond donors (Lipinski definition) is 0. The van der Waals surface area contributed by atoms with Gasteiger partial charge in [-0.05, 0) is 61.8 Å². The third-order valence-corrected chi connectivity index (χ3v) is 6.19. The quantitative estimate of drug-likeness (QED) is 0.854. The molecule has 0 N–H and O–H groups in total. The molecule has 0 saturated carbocycles. The van der Waals surface area contributed by atoms with Gasteiger partial charge in [0, 0.05) is 12.4 Å². The van der Waals surface area contributed by atoms with E-state index >= 15 is 0 Å². The molecule has 0 fully saturated rings. The van der Waals surface area contributed by atoms with Gasteiger partial charge in [0.05, 0.1) is 11.0 Å². The Morgan fingerprint density at radius 2 is 1.90 bits per heavy atom. The van der Waals surface area contributed by atoms with Crippen molar-refractivity contribution in [3.63, 3.8) is 0 Å². The van der Waals surface area contributed by atoms with Crippen LogP contribution in [0.15, 0.2) is 18.5 Å². The summed E-state index contributed by atoms with van der Waals surface area (Å²) in [5.74, 6) is 0.287. The van der Waals surface area contributed by atoms with Crippen molar-refractivity contribution in [3.8, 4) is 0 Å². The molecule has 0 amide bonds. The number of aryl methyl sites for hydroxylation is 2. The molecule has 0 bridgehead atoms. The number of allylic oxidation sites excluding steroid dienone is 1. The summed E-state index contributed by atoms with van der Waals surface area (Å²) in [4.78, 5) is 4.19. The molecule has 0 aliphatic heterocycles. The van der Waals surface area contributed by atoms with Crippen LogP contribution in [0, 0.1) is 13.8 Å². The van der Waals surface area contributed by atoms with E-state index in [-0.39, 0.29) is 11.0 Å². The van der Waals surface area contributed by atoms with E-state index in [1.165, 1.54) is 11.1 Å². The van der Waals surface area contributed by atoms with Crippen molar-refractivity contribution in [2.45, 2.75) is 51.7 Å². The molecule has 1 aliphatic carbocycles. The normalized spacial score (nSPS) is 19.8. The SMILES string of the molecule is CCCS(=O)(=O)C1C=C(c2c(C)cncc2C)CCC1. The highest BCUT2D eigenvalue weighted by atomic mass is 32.2. The van der Waals surface area contributed by atoms with Crippen LogP contribution in [0.1, 0.15) is 49.3 Å². The summed E-state index contributed by atoms with van der Waals surface area (Å²) >= 11 is 0. The molecule has 1 heterocycles. The first-order chi connectivity index (χ1) is 9.45. The van der Waals surface area contributed by atoms with Gasteiger partial charge in [-0.1, -0.05) is 13.0 Å². The minimum absolute atomic E-state index is 0.287. The number of sulfone groups is 1. The van der Waals surface area contributed by atoms with Gasteiger partial charge in [0.25, 0.3) is 0 Å². The first-order valence-electron chi connectivity index (χ1n) is 7.29. The molecule has 1 aromatic heterocycles. The average Bonchev–Trinajstić information content (AvgIpc) is 2.39. The highest BCUT2D eigenvalue weighted by molar-refractivity contribution is 7.92. The molecule has 1 aromatic rings. The maximum atomic E-state index is 12.3. The average molecular weight is 293 g/mol. The molecule has 3 nitrogen and oxygen atoms in total. The largest absolute Gasteiger partial charge is 0.264 e. The van der Waals surface area contributed by atoms with Gasteiger partial charge >= 0.3 is 0 Å². The summed E-state index contributed by atoms with van der Waals surface area (Å²) in [6.45, 7) is 6.00. The van der Waals surface area contributed by atoms with Crippen LogP contribution in [0.2, 0.25) is 0 Å². The van der Waals surface area contributed by atoms with Crippen molar-refractivity contribution < 1.29 is 8.42 Å². The summed E-state index contributed by atoms with van der Waals surface area (Å²) < 4.78 is 24.6. The second-order valence-electron chi connectivity index (χ2n) is 5.64. The maximum Gasteiger partial charge on any atom is 0.156 e. The Kier molecular flexibility index (Phi) is 4.63. The molecule has 20 heavy (non-hydrogen) atoms. The van der Waals surface area contributed by atoms with E-state index in [1.54, 1.807) is 0 Å². The standard InChI is InChI=1S/C16H23NO2S/c1-4-8-20(18,19)15-7-5-6-14(9-15)16-12(2)10-17-11-13(16)3/h9-11,15H,4-8H2,1-3H3. The fraction of sp³-hybridized carbons (Fsp3) is 0.562. The van der Waals surface area contributed by atoms with Gasteiger partial charge in [-0.2, -0.15) is 0 Å². The van der Waals surface area contributed by atoms with Crippen molar-refractivity contribution in [1.29, 1.82) is 0 Å². The molecule has 0 aromatic carbocycles. The molecular formula is C16H23NO2S. The van der Waals surface area contributed by atoms with Gasteiger partial charge in [0.1, 0.15) is 0 Å². The predicted octanol–water partition coefficient (Wildman–Crippen LogP) is 3.46. The van der Waals surface area contributed by atoms with E-state index < -0.39 is 9.84 Å². The Labute approximate surface area is 122 Å².